The van der Waals surface area contributed by atoms with E-state index in [-0.39, 0.29) is 0 Å². The van der Waals surface area contributed by atoms with Crippen LogP contribution in [0.3, 0.4) is 0 Å². The third-order valence-corrected chi connectivity index (χ3v) is 5.87. The van der Waals surface area contributed by atoms with Crippen molar-refractivity contribution < 1.29 is 8.78 Å². The molecule has 1 aromatic carbocycles. The molecule has 0 radical (unpaired) electrons. The Hall–Kier alpha value is -2.02. The monoisotopic (exact) mass is 376 g/mol. The molecule has 0 amide bonds. The van der Waals surface area contributed by atoms with Gasteiger partial charge in [-0.05, 0) is 37.0 Å². The van der Waals surface area contributed by atoms with Gasteiger partial charge in [0.05, 0.1) is 23.8 Å². The summed E-state index contributed by atoms with van der Waals surface area (Å²) in [6, 6.07) is 5.52. The standard InChI is InChI=1S/C20H26F2N4O/c21-19(22)13-26-14-23-18-11-16(5-6-17(18)20(26)27)25-9-7-24(8-10-25)12-15-3-1-2-4-15/h5-6,11,14-15,19H,1-4,7-10,12-13H2. The first kappa shape index (κ1) is 18.3. The molecule has 146 valence electrons. The normalized spacial score (nSPS) is 19.4. The lowest BCUT2D eigenvalue weighted by Gasteiger charge is -2.37. The van der Waals surface area contributed by atoms with Gasteiger partial charge < -0.3 is 4.90 Å². The number of alkyl halides is 2. The van der Waals surface area contributed by atoms with Gasteiger partial charge in [0.2, 0.25) is 0 Å². The van der Waals surface area contributed by atoms with Crippen LogP contribution in [0, 0.1) is 5.92 Å². The molecule has 4 rings (SSSR count). The number of anilines is 1. The second-order valence-corrected chi connectivity index (χ2v) is 7.73. The molecule has 0 bridgehead atoms. The summed E-state index contributed by atoms with van der Waals surface area (Å²) in [6.45, 7) is 4.63. The van der Waals surface area contributed by atoms with Gasteiger partial charge >= 0.3 is 0 Å². The molecule has 2 heterocycles. The third kappa shape index (κ3) is 4.13. The van der Waals surface area contributed by atoms with Crippen LogP contribution < -0.4 is 10.5 Å². The van der Waals surface area contributed by atoms with Crippen LogP contribution in [-0.2, 0) is 6.54 Å². The summed E-state index contributed by atoms with van der Waals surface area (Å²) in [5.41, 5.74) is 1.20. The van der Waals surface area contributed by atoms with Crippen molar-refractivity contribution >= 4 is 16.6 Å². The zero-order valence-corrected chi connectivity index (χ0v) is 15.5. The van der Waals surface area contributed by atoms with Crippen molar-refractivity contribution in [2.75, 3.05) is 37.6 Å². The van der Waals surface area contributed by atoms with E-state index in [1.165, 1.54) is 38.6 Å². The molecule has 1 aliphatic carbocycles. The third-order valence-electron chi connectivity index (χ3n) is 5.87. The summed E-state index contributed by atoms with van der Waals surface area (Å²) in [7, 11) is 0. The van der Waals surface area contributed by atoms with Gasteiger partial charge in [0.1, 0.15) is 0 Å². The number of piperazine rings is 1. The van der Waals surface area contributed by atoms with Gasteiger partial charge in [-0.25, -0.2) is 13.8 Å². The van der Waals surface area contributed by atoms with E-state index in [1.807, 2.05) is 12.1 Å². The van der Waals surface area contributed by atoms with E-state index in [1.54, 1.807) is 6.07 Å². The van der Waals surface area contributed by atoms with Crippen molar-refractivity contribution in [3.8, 4) is 0 Å². The van der Waals surface area contributed by atoms with Gasteiger partial charge in [0.25, 0.3) is 12.0 Å². The highest BCUT2D eigenvalue weighted by Crippen LogP contribution is 2.26. The van der Waals surface area contributed by atoms with Gasteiger partial charge in [-0.15, -0.1) is 0 Å². The fraction of sp³-hybridized carbons (Fsp3) is 0.600. The molecule has 27 heavy (non-hydrogen) atoms. The highest BCUT2D eigenvalue weighted by atomic mass is 19.3. The lowest BCUT2D eigenvalue weighted by molar-refractivity contribution is 0.125. The number of aromatic nitrogens is 2. The van der Waals surface area contributed by atoms with Crippen LogP contribution in [0.4, 0.5) is 14.5 Å². The number of nitrogens with zero attached hydrogens (tertiary/aromatic N) is 4. The van der Waals surface area contributed by atoms with Crippen LogP contribution in [0.5, 0.6) is 0 Å². The fourth-order valence-electron chi connectivity index (χ4n) is 4.37. The van der Waals surface area contributed by atoms with Crippen molar-refractivity contribution in [3.05, 3.63) is 34.9 Å². The second kappa shape index (κ2) is 7.92. The number of rotatable bonds is 5. The SMILES string of the molecule is O=c1c2ccc(N3CCN(CC4CCCC4)CC3)cc2ncn1CC(F)F. The molecule has 1 saturated heterocycles. The second-order valence-electron chi connectivity index (χ2n) is 7.73. The van der Waals surface area contributed by atoms with Crippen molar-refractivity contribution in [1.82, 2.24) is 14.5 Å². The first-order valence-electron chi connectivity index (χ1n) is 9.85. The Kier molecular flexibility index (Phi) is 5.38. The number of fused-ring (bicyclic) bond motifs is 1. The topological polar surface area (TPSA) is 41.4 Å². The summed E-state index contributed by atoms with van der Waals surface area (Å²) in [5, 5.41) is 0.391. The summed E-state index contributed by atoms with van der Waals surface area (Å²) in [6.07, 6.45) is 4.17. The minimum Gasteiger partial charge on any atom is -0.369 e. The first-order chi connectivity index (χ1) is 13.1. The van der Waals surface area contributed by atoms with Gasteiger partial charge in [-0.1, -0.05) is 12.8 Å². The molecule has 1 aromatic heterocycles. The first-order valence-corrected chi connectivity index (χ1v) is 9.85. The number of halogens is 2. The van der Waals surface area contributed by atoms with Crippen molar-refractivity contribution in [2.24, 2.45) is 5.92 Å². The zero-order valence-electron chi connectivity index (χ0n) is 15.5. The summed E-state index contributed by atoms with van der Waals surface area (Å²) >= 11 is 0. The Labute approximate surface area is 157 Å². The van der Waals surface area contributed by atoms with Crippen molar-refractivity contribution in [2.45, 2.75) is 38.7 Å². The van der Waals surface area contributed by atoms with Crippen LogP contribution in [0.15, 0.2) is 29.3 Å². The van der Waals surface area contributed by atoms with Gasteiger partial charge in [0, 0.05) is 38.4 Å². The smallest absolute Gasteiger partial charge is 0.261 e. The molecule has 1 aliphatic heterocycles. The fourth-order valence-corrected chi connectivity index (χ4v) is 4.37. The zero-order chi connectivity index (χ0) is 18.8. The van der Waals surface area contributed by atoms with E-state index >= 15 is 0 Å². The van der Waals surface area contributed by atoms with Gasteiger partial charge in [-0.2, -0.15) is 0 Å². The van der Waals surface area contributed by atoms with E-state index in [9.17, 15) is 13.6 Å². The molecule has 5 nitrogen and oxygen atoms in total. The Morgan fingerprint density at radius 1 is 1.11 bits per heavy atom. The Morgan fingerprint density at radius 3 is 2.56 bits per heavy atom. The summed E-state index contributed by atoms with van der Waals surface area (Å²) < 4.78 is 26.1. The van der Waals surface area contributed by atoms with E-state index in [0.29, 0.717) is 10.9 Å². The van der Waals surface area contributed by atoms with E-state index in [4.69, 9.17) is 0 Å². The molecule has 0 unspecified atom stereocenters. The minimum absolute atomic E-state index is 0.391. The average Bonchev–Trinajstić information content (AvgIpc) is 3.17. The van der Waals surface area contributed by atoms with Crippen LogP contribution >= 0.6 is 0 Å². The van der Waals surface area contributed by atoms with E-state index < -0.39 is 18.5 Å². The van der Waals surface area contributed by atoms with Gasteiger partial charge in [0.15, 0.2) is 0 Å². The molecule has 0 N–H and O–H groups in total. The molecule has 2 aromatic rings. The molecular weight excluding hydrogens is 350 g/mol. The minimum atomic E-state index is -2.57. The Bertz CT molecular complexity index is 839. The van der Waals surface area contributed by atoms with Crippen LogP contribution in [0.1, 0.15) is 25.7 Å². The lowest BCUT2D eigenvalue weighted by Crippen LogP contribution is -2.47. The lowest BCUT2D eigenvalue weighted by atomic mass is 10.1. The number of benzene rings is 1. The predicted octanol–water partition coefficient (Wildman–Crippen LogP) is 2.97. The van der Waals surface area contributed by atoms with Crippen LogP contribution in [-0.4, -0.2) is 53.6 Å². The summed E-state index contributed by atoms with van der Waals surface area (Å²) in [4.78, 5) is 21.4. The molecule has 1 saturated carbocycles. The average molecular weight is 376 g/mol. The van der Waals surface area contributed by atoms with E-state index in [2.05, 4.69) is 14.8 Å². The molecule has 7 heteroatoms. The maximum Gasteiger partial charge on any atom is 0.261 e. The van der Waals surface area contributed by atoms with Crippen molar-refractivity contribution in [3.63, 3.8) is 0 Å². The Morgan fingerprint density at radius 2 is 1.85 bits per heavy atom. The number of hydrogen-bond acceptors (Lipinski definition) is 4. The van der Waals surface area contributed by atoms with Crippen LogP contribution in [0.25, 0.3) is 10.9 Å². The molecule has 2 fully saturated rings. The Balaban J connectivity index is 1.44. The van der Waals surface area contributed by atoms with E-state index in [0.717, 1.165) is 42.4 Å². The van der Waals surface area contributed by atoms with Crippen LogP contribution in [0.2, 0.25) is 0 Å². The molecular formula is C20H26F2N4O. The molecule has 2 aliphatic rings. The van der Waals surface area contributed by atoms with Gasteiger partial charge in [-0.3, -0.25) is 14.3 Å². The largest absolute Gasteiger partial charge is 0.369 e. The predicted molar refractivity (Wildman–Crippen MR) is 103 cm³/mol. The quantitative estimate of drug-likeness (QED) is 0.805. The summed E-state index contributed by atoms with van der Waals surface area (Å²) in [5.74, 6) is 0.872. The maximum atomic E-state index is 12.6. The highest BCUT2D eigenvalue weighted by molar-refractivity contribution is 5.81. The molecule has 0 spiro atoms. The maximum absolute atomic E-state index is 12.6. The molecule has 0 atom stereocenters. The highest BCUT2D eigenvalue weighted by Gasteiger charge is 2.22. The number of hydrogen-bond donors (Lipinski definition) is 0. The van der Waals surface area contributed by atoms with Crippen molar-refractivity contribution in [1.29, 1.82) is 0 Å².